The second kappa shape index (κ2) is 8.66. The topological polar surface area (TPSA) is 99.0 Å². The highest BCUT2D eigenvalue weighted by Crippen LogP contribution is 2.27. The summed E-state index contributed by atoms with van der Waals surface area (Å²) in [6.45, 7) is 3.40. The second-order valence-corrected chi connectivity index (χ2v) is 6.96. The van der Waals surface area contributed by atoms with Gasteiger partial charge in [0.1, 0.15) is 11.4 Å². The lowest BCUT2D eigenvalue weighted by atomic mass is 10.1. The number of benzene rings is 2. The zero-order valence-electron chi connectivity index (χ0n) is 15.7. The Kier molecular flexibility index (Phi) is 6.05. The predicted molar refractivity (Wildman–Crippen MR) is 106 cm³/mol. The number of methoxy groups -OCH3 is 1. The van der Waals surface area contributed by atoms with E-state index in [-0.39, 0.29) is 17.4 Å². The first-order valence-electron chi connectivity index (χ1n) is 8.45. The molecule has 8 nitrogen and oxygen atoms in total. The van der Waals surface area contributed by atoms with Crippen molar-refractivity contribution in [2.45, 2.75) is 19.0 Å². The summed E-state index contributed by atoms with van der Waals surface area (Å²) in [5.74, 6) is 0.589. The third kappa shape index (κ3) is 4.55. The van der Waals surface area contributed by atoms with Crippen molar-refractivity contribution in [3.63, 3.8) is 0 Å². The monoisotopic (exact) mass is 397 g/mol. The number of hydrogen-bond acceptors (Lipinski definition) is 7. The fraction of sp³-hybridized carbons (Fsp3) is 0.211. The molecule has 0 saturated heterocycles. The Bertz CT molecular complexity index is 1000. The summed E-state index contributed by atoms with van der Waals surface area (Å²) in [5.41, 5.74) is 2.95. The number of carbonyl (C=O) groups is 2. The van der Waals surface area contributed by atoms with E-state index in [9.17, 15) is 9.59 Å². The Hall–Kier alpha value is -3.20. The van der Waals surface area contributed by atoms with Gasteiger partial charge in [-0.05, 0) is 59.3 Å². The molecule has 0 bridgehead atoms. The van der Waals surface area contributed by atoms with E-state index in [2.05, 4.69) is 20.8 Å². The first-order valence-corrected chi connectivity index (χ1v) is 9.43. The van der Waals surface area contributed by atoms with Crippen LogP contribution in [0.1, 0.15) is 22.8 Å². The highest BCUT2D eigenvalue weighted by molar-refractivity contribution is 7.99. The molecule has 0 atom stereocenters. The normalized spacial score (nSPS) is 10.5. The second-order valence-electron chi connectivity index (χ2n) is 6.02. The summed E-state index contributed by atoms with van der Waals surface area (Å²) >= 11 is 1.24. The molecule has 1 N–H and O–H groups in total. The standard InChI is InChI=1S/C19H19N5O3S/c1-12-4-9-18(27-3)16(10-12)24-19(21-22-23-24)28-11-17(26)14-5-7-15(8-6-14)20-13(2)25/h4-10H,11H2,1-3H3,(H,20,25). The number of ketones is 1. The Morgan fingerprint density at radius 1 is 1.18 bits per heavy atom. The Morgan fingerprint density at radius 3 is 2.61 bits per heavy atom. The lowest BCUT2D eigenvalue weighted by Crippen LogP contribution is -2.08. The molecule has 1 amide bonds. The lowest BCUT2D eigenvalue weighted by Gasteiger charge is -2.10. The number of aromatic nitrogens is 4. The number of aryl methyl sites for hydroxylation is 1. The minimum atomic E-state index is -0.159. The lowest BCUT2D eigenvalue weighted by molar-refractivity contribution is -0.114. The van der Waals surface area contributed by atoms with Crippen LogP contribution >= 0.6 is 11.8 Å². The maximum Gasteiger partial charge on any atom is 0.221 e. The summed E-state index contributed by atoms with van der Waals surface area (Å²) < 4.78 is 6.95. The van der Waals surface area contributed by atoms with Gasteiger partial charge in [0.2, 0.25) is 11.1 Å². The highest BCUT2D eigenvalue weighted by Gasteiger charge is 2.16. The van der Waals surface area contributed by atoms with Crippen LogP contribution in [0.4, 0.5) is 5.69 Å². The molecule has 0 aliphatic rings. The molecule has 1 aromatic heterocycles. The number of nitrogens with zero attached hydrogens (tertiary/aromatic N) is 4. The molecule has 0 fully saturated rings. The van der Waals surface area contributed by atoms with Crippen molar-refractivity contribution >= 4 is 29.1 Å². The third-order valence-corrected chi connectivity index (χ3v) is 4.78. The van der Waals surface area contributed by atoms with E-state index in [0.29, 0.717) is 27.8 Å². The smallest absolute Gasteiger partial charge is 0.221 e. The molecule has 144 valence electrons. The van der Waals surface area contributed by atoms with Crippen LogP contribution in [0.15, 0.2) is 47.6 Å². The quantitative estimate of drug-likeness (QED) is 0.483. The van der Waals surface area contributed by atoms with Crippen molar-refractivity contribution in [2.24, 2.45) is 0 Å². The van der Waals surface area contributed by atoms with Gasteiger partial charge >= 0.3 is 0 Å². The Balaban J connectivity index is 1.73. The number of nitrogens with one attached hydrogen (secondary N) is 1. The fourth-order valence-corrected chi connectivity index (χ4v) is 3.32. The van der Waals surface area contributed by atoms with Gasteiger partial charge in [-0.1, -0.05) is 17.8 Å². The van der Waals surface area contributed by atoms with Crippen LogP contribution in [0.25, 0.3) is 5.69 Å². The van der Waals surface area contributed by atoms with Crippen molar-refractivity contribution in [3.8, 4) is 11.4 Å². The molecule has 9 heteroatoms. The summed E-state index contributed by atoms with van der Waals surface area (Å²) in [6.07, 6.45) is 0. The zero-order chi connectivity index (χ0) is 20.1. The first kappa shape index (κ1) is 19.6. The van der Waals surface area contributed by atoms with Crippen LogP contribution in [-0.2, 0) is 4.79 Å². The number of tetrazole rings is 1. The SMILES string of the molecule is COc1ccc(C)cc1-n1nnnc1SCC(=O)c1ccc(NC(C)=O)cc1. The zero-order valence-corrected chi connectivity index (χ0v) is 16.5. The van der Waals surface area contributed by atoms with Gasteiger partial charge in [0.15, 0.2) is 5.78 Å². The molecule has 3 rings (SSSR count). The molecule has 0 aliphatic carbocycles. The van der Waals surface area contributed by atoms with Gasteiger partial charge in [0.25, 0.3) is 0 Å². The minimum absolute atomic E-state index is 0.0647. The van der Waals surface area contributed by atoms with Gasteiger partial charge in [-0.2, -0.15) is 4.68 Å². The number of anilines is 1. The van der Waals surface area contributed by atoms with E-state index in [1.807, 2.05) is 25.1 Å². The van der Waals surface area contributed by atoms with E-state index >= 15 is 0 Å². The maximum atomic E-state index is 12.5. The van der Waals surface area contributed by atoms with Crippen LogP contribution in [0.3, 0.4) is 0 Å². The molecule has 0 unspecified atom stereocenters. The van der Waals surface area contributed by atoms with Crippen LogP contribution in [0.5, 0.6) is 5.75 Å². The van der Waals surface area contributed by atoms with Gasteiger partial charge in [-0.25, -0.2) is 0 Å². The number of amides is 1. The fourth-order valence-electron chi connectivity index (χ4n) is 2.54. The van der Waals surface area contributed by atoms with Gasteiger partial charge in [0.05, 0.1) is 12.9 Å². The molecule has 0 spiro atoms. The first-order chi connectivity index (χ1) is 13.5. The molecular formula is C19H19N5O3S. The van der Waals surface area contributed by atoms with Crippen LogP contribution in [0, 0.1) is 6.92 Å². The summed E-state index contributed by atoms with van der Waals surface area (Å²) in [6, 6.07) is 12.5. The van der Waals surface area contributed by atoms with Crippen LogP contribution in [0.2, 0.25) is 0 Å². The van der Waals surface area contributed by atoms with Crippen molar-refractivity contribution in [2.75, 3.05) is 18.2 Å². The Labute approximate surface area is 166 Å². The van der Waals surface area contributed by atoms with E-state index in [1.54, 1.807) is 36.1 Å². The summed E-state index contributed by atoms with van der Waals surface area (Å²) in [4.78, 5) is 23.6. The van der Waals surface area contributed by atoms with Gasteiger partial charge in [-0.15, -0.1) is 5.10 Å². The molecule has 0 radical (unpaired) electrons. The molecule has 0 saturated carbocycles. The number of rotatable bonds is 7. The van der Waals surface area contributed by atoms with E-state index in [0.717, 1.165) is 5.56 Å². The average molecular weight is 397 g/mol. The number of hydrogen-bond donors (Lipinski definition) is 1. The van der Waals surface area contributed by atoms with E-state index in [4.69, 9.17) is 4.74 Å². The molecular weight excluding hydrogens is 378 g/mol. The molecule has 3 aromatic rings. The van der Waals surface area contributed by atoms with Gasteiger partial charge in [0, 0.05) is 18.2 Å². The van der Waals surface area contributed by atoms with Crippen molar-refractivity contribution in [1.29, 1.82) is 0 Å². The van der Waals surface area contributed by atoms with E-state index in [1.165, 1.54) is 18.7 Å². The summed E-state index contributed by atoms with van der Waals surface area (Å²) in [7, 11) is 1.58. The number of thioether (sulfide) groups is 1. The average Bonchev–Trinajstić information content (AvgIpc) is 3.14. The van der Waals surface area contributed by atoms with Crippen LogP contribution < -0.4 is 10.1 Å². The molecule has 28 heavy (non-hydrogen) atoms. The van der Waals surface area contributed by atoms with Gasteiger partial charge < -0.3 is 10.1 Å². The van der Waals surface area contributed by atoms with E-state index < -0.39 is 0 Å². The largest absolute Gasteiger partial charge is 0.494 e. The predicted octanol–water partition coefficient (Wildman–Crippen LogP) is 2.91. The van der Waals surface area contributed by atoms with Gasteiger partial charge in [-0.3, -0.25) is 9.59 Å². The molecule has 1 heterocycles. The Morgan fingerprint density at radius 2 is 1.93 bits per heavy atom. The van der Waals surface area contributed by atoms with Crippen molar-refractivity contribution < 1.29 is 14.3 Å². The van der Waals surface area contributed by atoms with Crippen LogP contribution in [-0.4, -0.2) is 44.8 Å². The highest BCUT2D eigenvalue weighted by atomic mass is 32.2. The van der Waals surface area contributed by atoms with Crippen molar-refractivity contribution in [1.82, 2.24) is 20.2 Å². The number of ether oxygens (including phenoxy) is 1. The minimum Gasteiger partial charge on any atom is -0.494 e. The molecule has 2 aromatic carbocycles. The summed E-state index contributed by atoms with van der Waals surface area (Å²) in [5, 5.41) is 14.9. The van der Waals surface area contributed by atoms with Crippen molar-refractivity contribution in [3.05, 3.63) is 53.6 Å². The number of carbonyl (C=O) groups excluding carboxylic acids is 2. The number of Topliss-reactive ketones (excluding diaryl/α,β-unsaturated/α-hetero) is 1. The third-order valence-electron chi connectivity index (χ3n) is 3.86. The molecule has 0 aliphatic heterocycles. The maximum absolute atomic E-state index is 12.5.